The molecule has 0 spiro atoms. The third-order valence-corrected chi connectivity index (χ3v) is 9.94. The molecule has 0 amide bonds. The van der Waals surface area contributed by atoms with Crippen molar-refractivity contribution in [3.8, 4) is 0 Å². The van der Waals surface area contributed by atoms with Gasteiger partial charge in [0.2, 0.25) is 0 Å². The molecule has 2 aliphatic heterocycles. The average Bonchev–Trinajstić information content (AvgIpc) is 3.06. The molecule has 11 heteroatoms. The molecular weight excluding hydrogens is 434 g/mol. The number of sulfonamides is 2. The standard InChI is InChI=1S/C18H27N3O5S3/c1-18(2,3)19-28(22,23)16-14-15-6-9-21(29(24,25)17(15)27-16)8-5-4-7-20-10-12-26-13-11-20/h4-6,9,14,19H,7-8,10-13H2,1-3H3. The maximum atomic E-state index is 12.9. The van der Waals surface area contributed by atoms with Gasteiger partial charge in [0.1, 0.15) is 8.42 Å². The Morgan fingerprint density at radius 2 is 1.86 bits per heavy atom. The van der Waals surface area contributed by atoms with Crippen LogP contribution in [-0.2, 0) is 24.8 Å². The second-order valence-corrected chi connectivity index (χ2v) is 13.0. The van der Waals surface area contributed by atoms with Crippen molar-refractivity contribution in [3.63, 3.8) is 0 Å². The highest BCUT2D eigenvalue weighted by Gasteiger charge is 2.33. The van der Waals surface area contributed by atoms with Gasteiger partial charge in [-0.15, -0.1) is 11.3 Å². The van der Waals surface area contributed by atoms with E-state index < -0.39 is 25.6 Å². The molecule has 0 saturated carbocycles. The van der Waals surface area contributed by atoms with Crippen LogP contribution in [0.3, 0.4) is 0 Å². The Morgan fingerprint density at radius 1 is 1.21 bits per heavy atom. The predicted octanol–water partition coefficient (Wildman–Crippen LogP) is 1.69. The Balaban J connectivity index is 1.71. The number of nitrogens with one attached hydrogen (secondary N) is 1. The summed E-state index contributed by atoms with van der Waals surface area (Å²) in [4.78, 5) is 2.23. The van der Waals surface area contributed by atoms with Crippen LogP contribution in [0.15, 0.2) is 32.8 Å². The zero-order valence-corrected chi connectivity index (χ0v) is 19.2. The van der Waals surface area contributed by atoms with Crippen LogP contribution in [0.1, 0.15) is 26.3 Å². The van der Waals surface area contributed by atoms with Gasteiger partial charge in [-0.2, -0.15) is 0 Å². The van der Waals surface area contributed by atoms with E-state index in [0.29, 0.717) is 18.8 Å². The highest BCUT2D eigenvalue weighted by molar-refractivity contribution is 7.94. The van der Waals surface area contributed by atoms with E-state index in [-0.39, 0.29) is 15.0 Å². The van der Waals surface area contributed by atoms with Crippen LogP contribution >= 0.6 is 11.3 Å². The average molecular weight is 462 g/mol. The van der Waals surface area contributed by atoms with Crippen LogP contribution in [0.5, 0.6) is 0 Å². The molecule has 1 aromatic rings. The summed E-state index contributed by atoms with van der Waals surface area (Å²) in [6.45, 7) is 9.31. The third-order valence-electron chi connectivity index (χ3n) is 4.29. The number of morpholine rings is 1. The molecule has 1 aromatic heterocycles. The molecule has 0 radical (unpaired) electrons. The molecule has 162 valence electrons. The third kappa shape index (κ3) is 5.47. The van der Waals surface area contributed by atoms with Crippen LogP contribution in [0.4, 0.5) is 0 Å². The topological polar surface area (TPSA) is 96.0 Å². The zero-order valence-electron chi connectivity index (χ0n) is 16.8. The van der Waals surface area contributed by atoms with Crippen molar-refractivity contribution in [1.29, 1.82) is 0 Å². The first-order valence-corrected chi connectivity index (χ1v) is 13.1. The van der Waals surface area contributed by atoms with Gasteiger partial charge in [-0.05, 0) is 32.9 Å². The maximum absolute atomic E-state index is 12.9. The van der Waals surface area contributed by atoms with Crippen LogP contribution in [0, 0.1) is 0 Å². The summed E-state index contributed by atoms with van der Waals surface area (Å²) >= 11 is 0.778. The summed E-state index contributed by atoms with van der Waals surface area (Å²) in [7, 11) is -7.57. The predicted molar refractivity (Wildman–Crippen MR) is 114 cm³/mol. The molecule has 29 heavy (non-hydrogen) atoms. The maximum Gasteiger partial charge on any atom is 0.274 e. The Kier molecular flexibility index (Phi) is 6.56. The molecule has 0 aliphatic carbocycles. The van der Waals surface area contributed by atoms with Crippen molar-refractivity contribution in [3.05, 3.63) is 30.0 Å². The summed E-state index contributed by atoms with van der Waals surface area (Å²) in [5.74, 6) is 0. The van der Waals surface area contributed by atoms with E-state index in [4.69, 9.17) is 4.74 Å². The Hall–Kier alpha value is -1.24. The number of hydrogen-bond acceptors (Lipinski definition) is 7. The Labute approximate surface area is 176 Å². The Morgan fingerprint density at radius 3 is 2.52 bits per heavy atom. The molecule has 1 saturated heterocycles. The molecule has 0 atom stereocenters. The fourth-order valence-electron chi connectivity index (χ4n) is 2.96. The lowest BCUT2D eigenvalue weighted by Gasteiger charge is -2.25. The van der Waals surface area contributed by atoms with E-state index in [2.05, 4.69) is 9.62 Å². The number of ether oxygens (including phenoxy) is 1. The van der Waals surface area contributed by atoms with E-state index >= 15 is 0 Å². The first kappa shape index (κ1) is 22.4. The minimum atomic E-state index is -3.79. The quantitative estimate of drug-likeness (QED) is 0.648. The van der Waals surface area contributed by atoms with Gasteiger partial charge in [0.05, 0.1) is 19.8 Å². The molecule has 0 aromatic carbocycles. The van der Waals surface area contributed by atoms with Gasteiger partial charge in [0.25, 0.3) is 20.0 Å². The van der Waals surface area contributed by atoms with Crippen LogP contribution < -0.4 is 4.72 Å². The van der Waals surface area contributed by atoms with Gasteiger partial charge in [-0.1, -0.05) is 12.2 Å². The molecule has 0 bridgehead atoms. The van der Waals surface area contributed by atoms with Crippen LogP contribution in [-0.4, -0.2) is 71.0 Å². The second-order valence-electron chi connectivity index (χ2n) is 7.94. The lowest BCUT2D eigenvalue weighted by atomic mass is 10.1. The number of hydrogen-bond donors (Lipinski definition) is 1. The summed E-state index contributed by atoms with van der Waals surface area (Å²) in [6.07, 6.45) is 6.88. The largest absolute Gasteiger partial charge is 0.379 e. The zero-order chi connectivity index (χ0) is 21.3. The van der Waals surface area contributed by atoms with Gasteiger partial charge in [-0.25, -0.2) is 21.6 Å². The van der Waals surface area contributed by atoms with E-state index in [1.165, 1.54) is 16.6 Å². The molecule has 3 rings (SSSR count). The van der Waals surface area contributed by atoms with Gasteiger partial charge in [0, 0.05) is 36.9 Å². The monoisotopic (exact) mass is 461 g/mol. The lowest BCUT2D eigenvalue weighted by Crippen LogP contribution is -2.40. The summed E-state index contributed by atoms with van der Waals surface area (Å²) in [6, 6.07) is 1.41. The lowest BCUT2D eigenvalue weighted by molar-refractivity contribution is 0.0434. The first-order valence-electron chi connectivity index (χ1n) is 9.32. The Bertz CT molecular complexity index is 998. The van der Waals surface area contributed by atoms with Crippen LogP contribution in [0.25, 0.3) is 6.08 Å². The summed E-state index contributed by atoms with van der Waals surface area (Å²) in [5, 5.41) is 0. The molecule has 1 fully saturated rings. The van der Waals surface area contributed by atoms with E-state index in [9.17, 15) is 16.8 Å². The normalized spacial score (nSPS) is 20.3. The minimum Gasteiger partial charge on any atom is -0.379 e. The number of thiophene rings is 1. The summed E-state index contributed by atoms with van der Waals surface area (Å²) < 4.78 is 60.1. The number of rotatable bonds is 6. The van der Waals surface area contributed by atoms with Gasteiger partial charge in [-0.3, -0.25) is 9.21 Å². The summed E-state index contributed by atoms with van der Waals surface area (Å²) in [5.41, 5.74) is -0.257. The fourth-order valence-corrected chi connectivity index (χ4v) is 7.86. The molecule has 2 aliphatic rings. The van der Waals surface area contributed by atoms with Crippen molar-refractivity contribution in [2.24, 2.45) is 0 Å². The SMILES string of the molecule is CC(C)(C)NS(=O)(=O)c1cc2c(s1)S(=O)(=O)N(CC=CCN1CCOCC1)C=C2. The van der Waals surface area contributed by atoms with Crippen molar-refractivity contribution in [2.75, 3.05) is 39.4 Å². The number of nitrogens with zero attached hydrogens (tertiary/aromatic N) is 2. The fraction of sp³-hybridized carbons (Fsp3) is 0.556. The molecule has 8 nitrogen and oxygen atoms in total. The highest BCUT2D eigenvalue weighted by atomic mass is 32.3. The van der Waals surface area contributed by atoms with Gasteiger partial charge >= 0.3 is 0 Å². The van der Waals surface area contributed by atoms with Gasteiger partial charge < -0.3 is 4.74 Å². The van der Waals surface area contributed by atoms with E-state index in [1.54, 1.807) is 26.8 Å². The van der Waals surface area contributed by atoms with Crippen molar-refractivity contribution >= 4 is 37.5 Å². The van der Waals surface area contributed by atoms with E-state index in [0.717, 1.165) is 31.0 Å². The van der Waals surface area contributed by atoms with Crippen molar-refractivity contribution < 1.29 is 21.6 Å². The molecular formula is C18H27N3O5S3. The molecule has 1 N–H and O–H groups in total. The second kappa shape index (κ2) is 8.48. The van der Waals surface area contributed by atoms with E-state index in [1.807, 2.05) is 12.2 Å². The minimum absolute atomic E-state index is 0.00430. The van der Waals surface area contributed by atoms with Crippen molar-refractivity contribution in [1.82, 2.24) is 13.9 Å². The highest BCUT2D eigenvalue weighted by Crippen LogP contribution is 2.36. The van der Waals surface area contributed by atoms with Crippen LogP contribution in [0.2, 0.25) is 0 Å². The first-order chi connectivity index (χ1) is 13.5. The molecule has 3 heterocycles. The van der Waals surface area contributed by atoms with Gasteiger partial charge in [0.15, 0.2) is 0 Å². The smallest absolute Gasteiger partial charge is 0.274 e. The number of fused-ring (bicyclic) bond motifs is 1. The van der Waals surface area contributed by atoms with Crippen molar-refractivity contribution in [2.45, 2.75) is 34.7 Å². The molecule has 0 unspecified atom stereocenters.